The van der Waals surface area contributed by atoms with Crippen LogP contribution in [0, 0.1) is 0 Å². The van der Waals surface area contributed by atoms with Gasteiger partial charge in [0.15, 0.2) is 5.82 Å². The Morgan fingerprint density at radius 3 is 2.76 bits per heavy atom. The lowest BCUT2D eigenvalue weighted by molar-refractivity contribution is 0.397. The van der Waals surface area contributed by atoms with Crippen LogP contribution in [0.3, 0.4) is 0 Å². The molecule has 0 aromatic carbocycles. The van der Waals surface area contributed by atoms with Gasteiger partial charge >= 0.3 is 0 Å². The monoisotopic (exact) mass is 232 g/mol. The minimum absolute atomic E-state index is 0.305. The third kappa shape index (κ3) is 2.28. The molecule has 0 aliphatic rings. The van der Waals surface area contributed by atoms with Crippen LogP contribution in [0.4, 0.5) is 5.82 Å². The molecular weight excluding hydrogens is 220 g/mol. The fourth-order valence-electron chi connectivity index (χ4n) is 1.27. The van der Waals surface area contributed by atoms with Crippen molar-refractivity contribution in [2.24, 2.45) is 5.73 Å². The molecule has 0 unspecified atom stereocenters. The summed E-state index contributed by atoms with van der Waals surface area (Å²) < 4.78 is 4.99. The highest BCUT2D eigenvalue weighted by atomic mass is 16.5. The Morgan fingerprint density at radius 2 is 2.12 bits per heavy atom. The van der Waals surface area contributed by atoms with Crippen molar-refractivity contribution >= 4 is 5.82 Å². The normalized spacial score (nSPS) is 10.2. The Kier molecular flexibility index (Phi) is 3.10. The quantitative estimate of drug-likeness (QED) is 0.764. The van der Waals surface area contributed by atoms with Crippen LogP contribution >= 0.6 is 0 Å². The van der Waals surface area contributed by atoms with E-state index in [0.29, 0.717) is 35.3 Å². The number of nitrogens with two attached hydrogens (primary N) is 2. The van der Waals surface area contributed by atoms with Gasteiger partial charge in [-0.05, 0) is 0 Å². The zero-order valence-electron chi connectivity index (χ0n) is 9.29. The number of methoxy groups -OCH3 is 1. The zero-order valence-corrected chi connectivity index (χ0v) is 9.29. The number of nitrogens with zero attached hydrogens (tertiary/aromatic N) is 4. The van der Waals surface area contributed by atoms with Gasteiger partial charge in [-0.1, -0.05) is 0 Å². The maximum atomic E-state index is 5.73. The summed E-state index contributed by atoms with van der Waals surface area (Å²) >= 11 is 0. The fraction of sp³-hybridized carbons (Fsp3) is 0.200. The third-order valence-corrected chi connectivity index (χ3v) is 2.20. The molecule has 0 radical (unpaired) electrons. The summed E-state index contributed by atoms with van der Waals surface area (Å²) in [5.74, 6) is 1.22. The predicted octanol–water partition coefficient (Wildman–Crippen LogP) is -0.0169. The molecule has 0 aliphatic heterocycles. The molecule has 4 N–H and O–H groups in total. The lowest BCUT2D eigenvalue weighted by atomic mass is 10.3. The smallest absolute Gasteiger partial charge is 0.216 e. The first-order valence-electron chi connectivity index (χ1n) is 4.92. The first kappa shape index (κ1) is 11.2. The van der Waals surface area contributed by atoms with Crippen LogP contribution in [-0.4, -0.2) is 27.0 Å². The van der Waals surface area contributed by atoms with E-state index in [1.54, 1.807) is 12.3 Å². The first-order chi connectivity index (χ1) is 8.24. The van der Waals surface area contributed by atoms with E-state index in [-0.39, 0.29) is 0 Å². The average Bonchev–Trinajstić information content (AvgIpc) is 2.38. The number of ether oxygens (including phenoxy) is 1. The van der Waals surface area contributed by atoms with Crippen LogP contribution < -0.4 is 16.2 Å². The molecule has 0 amide bonds. The Labute approximate surface area is 97.9 Å². The summed E-state index contributed by atoms with van der Waals surface area (Å²) in [6.07, 6.45) is 2.97. The molecule has 0 bridgehead atoms. The van der Waals surface area contributed by atoms with E-state index in [4.69, 9.17) is 16.2 Å². The van der Waals surface area contributed by atoms with E-state index in [9.17, 15) is 0 Å². The highest BCUT2D eigenvalue weighted by molar-refractivity contribution is 5.53. The van der Waals surface area contributed by atoms with Crippen LogP contribution in [0.15, 0.2) is 18.6 Å². The summed E-state index contributed by atoms with van der Waals surface area (Å²) in [4.78, 5) is 16.2. The molecule has 0 atom stereocenters. The zero-order chi connectivity index (χ0) is 12.3. The third-order valence-electron chi connectivity index (χ3n) is 2.20. The highest BCUT2D eigenvalue weighted by Gasteiger charge is 2.07. The first-order valence-corrected chi connectivity index (χ1v) is 4.92. The van der Waals surface area contributed by atoms with E-state index < -0.39 is 0 Å². The van der Waals surface area contributed by atoms with Crippen molar-refractivity contribution in [3.63, 3.8) is 0 Å². The summed E-state index contributed by atoms with van der Waals surface area (Å²) in [7, 11) is 1.53. The second-order valence-electron chi connectivity index (χ2n) is 3.25. The summed E-state index contributed by atoms with van der Waals surface area (Å²) in [6.45, 7) is 0.305. The molecule has 2 aromatic rings. The second-order valence-corrected chi connectivity index (χ2v) is 3.25. The molecular formula is C10H12N6O. The van der Waals surface area contributed by atoms with Crippen molar-refractivity contribution in [1.29, 1.82) is 0 Å². The number of anilines is 1. The Morgan fingerprint density at radius 1 is 1.29 bits per heavy atom. The molecule has 0 aliphatic carbocycles. The number of nitrogen functional groups attached to an aromatic ring is 1. The van der Waals surface area contributed by atoms with Gasteiger partial charge in [0.05, 0.1) is 7.11 Å². The summed E-state index contributed by atoms with van der Waals surface area (Å²) in [5.41, 5.74) is 12.5. The number of aromatic nitrogens is 4. The summed E-state index contributed by atoms with van der Waals surface area (Å²) in [5, 5.41) is 0. The van der Waals surface area contributed by atoms with Gasteiger partial charge in [0.25, 0.3) is 0 Å². The van der Waals surface area contributed by atoms with Gasteiger partial charge in [-0.25, -0.2) is 19.9 Å². The minimum atomic E-state index is 0.305. The molecule has 2 rings (SSSR count). The lowest BCUT2D eigenvalue weighted by Gasteiger charge is -2.04. The van der Waals surface area contributed by atoms with Crippen LogP contribution in [0.25, 0.3) is 11.5 Å². The Bertz CT molecular complexity index is 530. The molecule has 0 saturated carbocycles. The van der Waals surface area contributed by atoms with E-state index in [0.717, 1.165) is 0 Å². The molecule has 0 spiro atoms. The lowest BCUT2D eigenvalue weighted by Crippen LogP contribution is -2.06. The maximum absolute atomic E-state index is 5.73. The molecule has 7 heteroatoms. The van der Waals surface area contributed by atoms with Crippen molar-refractivity contribution in [3.05, 3.63) is 24.2 Å². The van der Waals surface area contributed by atoms with Crippen molar-refractivity contribution in [2.75, 3.05) is 12.8 Å². The number of rotatable bonds is 3. The van der Waals surface area contributed by atoms with Crippen LogP contribution in [-0.2, 0) is 6.54 Å². The van der Waals surface area contributed by atoms with E-state index in [2.05, 4.69) is 19.9 Å². The molecule has 0 saturated heterocycles. The standard InChI is InChI=1S/C10H12N6O/c1-17-8-2-7(14-5-15-8)10-13-4-6(3-11)9(12)16-10/h2,4-5H,3,11H2,1H3,(H2,12,13,16). The van der Waals surface area contributed by atoms with Crippen molar-refractivity contribution in [3.8, 4) is 17.4 Å². The Balaban J connectivity index is 2.42. The minimum Gasteiger partial charge on any atom is -0.481 e. The van der Waals surface area contributed by atoms with Gasteiger partial charge in [0.2, 0.25) is 5.88 Å². The van der Waals surface area contributed by atoms with Crippen molar-refractivity contribution in [1.82, 2.24) is 19.9 Å². The van der Waals surface area contributed by atoms with Crippen molar-refractivity contribution < 1.29 is 4.74 Å². The average molecular weight is 232 g/mol. The summed E-state index contributed by atoms with van der Waals surface area (Å²) in [6, 6.07) is 1.64. The predicted molar refractivity (Wildman–Crippen MR) is 61.9 cm³/mol. The molecule has 0 fully saturated rings. The van der Waals surface area contributed by atoms with Gasteiger partial charge in [-0.2, -0.15) is 0 Å². The van der Waals surface area contributed by atoms with Crippen LogP contribution in [0.1, 0.15) is 5.56 Å². The topological polar surface area (TPSA) is 113 Å². The van der Waals surface area contributed by atoms with Crippen LogP contribution in [0.2, 0.25) is 0 Å². The van der Waals surface area contributed by atoms with Gasteiger partial charge < -0.3 is 16.2 Å². The fourth-order valence-corrected chi connectivity index (χ4v) is 1.27. The number of hydrogen-bond donors (Lipinski definition) is 2. The van der Waals surface area contributed by atoms with Gasteiger partial charge in [0.1, 0.15) is 17.8 Å². The van der Waals surface area contributed by atoms with Crippen molar-refractivity contribution in [2.45, 2.75) is 6.54 Å². The second kappa shape index (κ2) is 4.71. The molecule has 7 nitrogen and oxygen atoms in total. The van der Waals surface area contributed by atoms with Gasteiger partial charge in [0, 0.05) is 24.4 Å². The molecule has 88 valence electrons. The largest absolute Gasteiger partial charge is 0.481 e. The van der Waals surface area contributed by atoms with Crippen LogP contribution in [0.5, 0.6) is 5.88 Å². The van der Waals surface area contributed by atoms with Gasteiger partial charge in [-0.15, -0.1) is 0 Å². The maximum Gasteiger partial charge on any atom is 0.216 e. The van der Waals surface area contributed by atoms with Gasteiger partial charge in [-0.3, -0.25) is 0 Å². The molecule has 2 heterocycles. The van der Waals surface area contributed by atoms with E-state index in [1.165, 1.54) is 13.4 Å². The Hall–Kier alpha value is -2.28. The highest BCUT2D eigenvalue weighted by Crippen LogP contribution is 2.17. The van der Waals surface area contributed by atoms with E-state index in [1.807, 2.05) is 0 Å². The molecule has 17 heavy (non-hydrogen) atoms. The van der Waals surface area contributed by atoms with E-state index >= 15 is 0 Å². The molecule has 2 aromatic heterocycles. The SMILES string of the molecule is COc1cc(-c2ncc(CN)c(N)n2)ncn1. The number of hydrogen-bond acceptors (Lipinski definition) is 7.